The van der Waals surface area contributed by atoms with Crippen LogP contribution in [-0.2, 0) is 11.3 Å². The van der Waals surface area contributed by atoms with Gasteiger partial charge in [0.1, 0.15) is 5.56 Å². The summed E-state index contributed by atoms with van der Waals surface area (Å²) in [5, 5.41) is 5.93. The van der Waals surface area contributed by atoms with Crippen LogP contribution in [0.2, 0.25) is 5.02 Å². The molecule has 3 aromatic rings. The van der Waals surface area contributed by atoms with Crippen molar-refractivity contribution >= 4 is 34.8 Å². The van der Waals surface area contributed by atoms with E-state index in [4.69, 9.17) is 11.6 Å². The molecule has 2 N–H and O–H groups in total. The molecule has 142 valence electrons. The minimum absolute atomic E-state index is 0.0375. The fraction of sp³-hybridized carbons (Fsp3) is 0.0952. The highest BCUT2D eigenvalue weighted by Crippen LogP contribution is 2.14. The highest BCUT2D eigenvalue weighted by atomic mass is 35.5. The highest BCUT2D eigenvalue weighted by molar-refractivity contribution is 6.30. The van der Waals surface area contributed by atoms with E-state index in [0.717, 1.165) is 5.56 Å². The summed E-state index contributed by atoms with van der Waals surface area (Å²) in [5.74, 6) is -0.681. The second-order valence-corrected chi connectivity index (χ2v) is 6.63. The van der Waals surface area contributed by atoms with Gasteiger partial charge in [-0.3, -0.25) is 14.4 Å². The number of carbonyl (C=O) groups excluding carboxylic acids is 2. The standard InChI is InChI=1S/C21H18ClN3O3/c1-14(26)23-17-7-9-18(10-8-17)24-20(27)19-6-3-11-25(21(19)28)13-15-4-2-5-16(22)12-15/h2-12H,13H2,1H3,(H,23,26)(H,24,27). The number of amides is 2. The Hall–Kier alpha value is -3.38. The van der Waals surface area contributed by atoms with Gasteiger partial charge in [-0.1, -0.05) is 23.7 Å². The summed E-state index contributed by atoms with van der Waals surface area (Å²) in [6, 6.07) is 17.0. The molecule has 0 unspecified atom stereocenters. The van der Waals surface area contributed by atoms with Crippen molar-refractivity contribution in [2.45, 2.75) is 13.5 Å². The molecule has 28 heavy (non-hydrogen) atoms. The number of nitrogens with zero attached hydrogens (tertiary/aromatic N) is 1. The number of halogens is 1. The fourth-order valence-corrected chi connectivity index (χ4v) is 2.92. The Balaban J connectivity index is 1.77. The SMILES string of the molecule is CC(=O)Nc1ccc(NC(=O)c2cccn(Cc3cccc(Cl)c3)c2=O)cc1. The summed E-state index contributed by atoms with van der Waals surface area (Å²) in [7, 11) is 0. The van der Waals surface area contributed by atoms with Gasteiger partial charge >= 0.3 is 0 Å². The lowest BCUT2D eigenvalue weighted by atomic mass is 10.2. The van der Waals surface area contributed by atoms with E-state index >= 15 is 0 Å². The number of hydrogen-bond donors (Lipinski definition) is 2. The average molecular weight is 396 g/mol. The smallest absolute Gasteiger partial charge is 0.263 e. The molecule has 0 saturated heterocycles. The molecular formula is C21H18ClN3O3. The van der Waals surface area contributed by atoms with Crippen molar-refractivity contribution in [2.24, 2.45) is 0 Å². The zero-order valence-corrected chi connectivity index (χ0v) is 15.9. The minimum atomic E-state index is -0.502. The first-order chi connectivity index (χ1) is 13.4. The van der Waals surface area contributed by atoms with E-state index in [2.05, 4.69) is 10.6 Å². The van der Waals surface area contributed by atoms with Crippen molar-refractivity contribution in [3.63, 3.8) is 0 Å². The van der Waals surface area contributed by atoms with Gasteiger partial charge in [0.05, 0.1) is 6.54 Å². The molecule has 1 aromatic heterocycles. The van der Waals surface area contributed by atoms with Crippen LogP contribution in [-0.4, -0.2) is 16.4 Å². The summed E-state index contributed by atoms with van der Waals surface area (Å²) in [6.07, 6.45) is 1.63. The van der Waals surface area contributed by atoms with Gasteiger partial charge in [0.15, 0.2) is 0 Å². The molecule has 0 saturated carbocycles. The van der Waals surface area contributed by atoms with Crippen molar-refractivity contribution in [2.75, 3.05) is 10.6 Å². The molecule has 1 heterocycles. The van der Waals surface area contributed by atoms with E-state index in [1.165, 1.54) is 17.6 Å². The third-order valence-electron chi connectivity index (χ3n) is 3.97. The first-order valence-electron chi connectivity index (χ1n) is 8.55. The third-order valence-corrected chi connectivity index (χ3v) is 4.20. The van der Waals surface area contributed by atoms with E-state index < -0.39 is 11.5 Å². The lowest BCUT2D eigenvalue weighted by Crippen LogP contribution is -2.29. The van der Waals surface area contributed by atoms with Crippen LogP contribution < -0.4 is 16.2 Å². The van der Waals surface area contributed by atoms with Crippen molar-refractivity contribution in [3.8, 4) is 0 Å². The number of benzene rings is 2. The molecule has 0 atom stereocenters. The van der Waals surface area contributed by atoms with Gasteiger partial charge in [-0.15, -0.1) is 0 Å². The van der Waals surface area contributed by atoms with Crippen molar-refractivity contribution < 1.29 is 9.59 Å². The summed E-state index contributed by atoms with van der Waals surface area (Å²) < 4.78 is 1.46. The molecule has 2 amide bonds. The third kappa shape index (κ3) is 4.86. The van der Waals surface area contributed by atoms with E-state index in [1.54, 1.807) is 48.7 Å². The topological polar surface area (TPSA) is 80.2 Å². The first kappa shape index (κ1) is 19.4. The molecule has 0 spiro atoms. The van der Waals surface area contributed by atoms with E-state index in [1.807, 2.05) is 12.1 Å². The minimum Gasteiger partial charge on any atom is -0.326 e. The normalized spacial score (nSPS) is 10.4. The van der Waals surface area contributed by atoms with Crippen LogP contribution in [0.25, 0.3) is 0 Å². The first-order valence-corrected chi connectivity index (χ1v) is 8.93. The van der Waals surface area contributed by atoms with Crippen LogP contribution in [0.15, 0.2) is 71.7 Å². The molecule has 3 rings (SSSR count). The Bertz CT molecular complexity index is 1070. The molecule has 0 bridgehead atoms. The van der Waals surface area contributed by atoms with E-state index in [-0.39, 0.29) is 11.5 Å². The number of carbonyl (C=O) groups is 2. The van der Waals surface area contributed by atoms with Crippen LogP contribution in [0, 0.1) is 0 Å². The molecule has 0 radical (unpaired) electrons. The van der Waals surface area contributed by atoms with E-state index in [9.17, 15) is 14.4 Å². The number of anilines is 2. The molecule has 0 fully saturated rings. The molecule has 0 aliphatic carbocycles. The van der Waals surface area contributed by atoms with Crippen molar-refractivity contribution in [1.82, 2.24) is 4.57 Å². The van der Waals surface area contributed by atoms with Crippen LogP contribution in [0.3, 0.4) is 0 Å². The molecule has 2 aromatic carbocycles. The van der Waals surface area contributed by atoms with Gasteiger partial charge < -0.3 is 15.2 Å². The van der Waals surface area contributed by atoms with Gasteiger partial charge in [0.25, 0.3) is 11.5 Å². The lowest BCUT2D eigenvalue weighted by Gasteiger charge is -2.10. The predicted octanol–water partition coefficient (Wildman–Crippen LogP) is 3.76. The quantitative estimate of drug-likeness (QED) is 0.690. The van der Waals surface area contributed by atoms with Crippen LogP contribution in [0.1, 0.15) is 22.8 Å². The number of rotatable bonds is 5. The van der Waals surface area contributed by atoms with Crippen LogP contribution in [0.5, 0.6) is 0 Å². The maximum Gasteiger partial charge on any atom is 0.263 e. The van der Waals surface area contributed by atoms with Gasteiger partial charge in [-0.05, 0) is 54.1 Å². The monoisotopic (exact) mass is 395 g/mol. The van der Waals surface area contributed by atoms with Gasteiger partial charge in [-0.2, -0.15) is 0 Å². The number of aromatic nitrogens is 1. The largest absolute Gasteiger partial charge is 0.326 e. The number of pyridine rings is 1. The fourth-order valence-electron chi connectivity index (χ4n) is 2.70. The number of hydrogen-bond acceptors (Lipinski definition) is 3. The Kier molecular flexibility index (Phi) is 5.91. The molecule has 6 nitrogen and oxygen atoms in total. The average Bonchev–Trinajstić information content (AvgIpc) is 2.64. The van der Waals surface area contributed by atoms with Crippen LogP contribution in [0.4, 0.5) is 11.4 Å². The lowest BCUT2D eigenvalue weighted by molar-refractivity contribution is -0.114. The molecule has 7 heteroatoms. The molecular weight excluding hydrogens is 378 g/mol. The van der Waals surface area contributed by atoms with E-state index in [0.29, 0.717) is 22.9 Å². The number of nitrogens with one attached hydrogen (secondary N) is 2. The maximum atomic E-state index is 12.7. The Morgan fingerprint density at radius 2 is 1.64 bits per heavy atom. The summed E-state index contributed by atoms with van der Waals surface area (Å²) in [4.78, 5) is 36.3. The maximum absolute atomic E-state index is 12.7. The van der Waals surface area contributed by atoms with Crippen LogP contribution >= 0.6 is 11.6 Å². The second kappa shape index (κ2) is 8.54. The van der Waals surface area contributed by atoms with Gasteiger partial charge in [0, 0.05) is 29.5 Å². The second-order valence-electron chi connectivity index (χ2n) is 6.20. The predicted molar refractivity (Wildman–Crippen MR) is 110 cm³/mol. The van der Waals surface area contributed by atoms with Gasteiger partial charge in [0.2, 0.25) is 5.91 Å². The molecule has 0 aliphatic heterocycles. The molecule has 0 aliphatic rings. The summed E-state index contributed by atoms with van der Waals surface area (Å²) in [6.45, 7) is 1.73. The highest BCUT2D eigenvalue weighted by Gasteiger charge is 2.13. The van der Waals surface area contributed by atoms with Crippen molar-refractivity contribution in [1.29, 1.82) is 0 Å². The Labute approximate surface area is 166 Å². The Morgan fingerprint density at radius 3 is 2.29 bits per heavy atom. The zero-order valence-electron chi connectivity index (χ0n) is 15.1. The summed E-state index contributed by atoms with van der Waals surface area (Å²) in [5.41, 5.74) is 1.64. The Morgan fingerprint density at radius 1 is 0.964 bits per heavy atom. The summed E-state index contributed by atoms with van der Waals surface area (Å²) >= 11 is 5.99. The van der Waals surface area contributed by atoms with Gasteiger partial charge in [-0.25, -0.2) is 0 Å². The van der Waals surface area contributed by atoms with Crippen molar-refractivity contribution in [3.05, 3.63) is 93.4 Å². The zero-order chi connectivity index (χ0) is 20.1.